The molecule has 0 bridgehead atoms. The van der Waals surface area contributed by atoms with Crippen molar-refractivity contribution in [2.24, 2.45) is 0 Å². The number of esters is 1. The lowest BCUT2D eigenvalue weighted by atomic mass is 10.1. The van der Waals surface area contributed by atoms with Crippen molar-refractivity contribution in [1.82, 2.24) is 4.98 Å². The number of carbonyl (C=O) groups is 2. The van der Waals surface area contributed by atoms with Crippen LogP contribution >= 0.6 is 11.3 Å². The number of rotatable bonds is 5. The second kappa shape index (κ2) is 8.62. The third kappa shape index (κ3) is 4.65. The molecule has 3 rings (SSSR count). The second-order valence-electron chi connectivity index (χ2n) is 6.05. The van der Waals surface area contributed by atoms with Gasteiger partial charge in [0.25, 0.3) is 0 Å². The number of amides is 1. The Balaban J connectivity index is 1.77. The summed E-state index contributed by atoms with van der Waals surface area (Å²) in [6.45, 7) is 0.826. The molecule has 10 heteroatoms. The monoisotopic (exact) mass is 438 g/mol. The van der Waals surface area contributed by atoms with Crippen LogP contribution in [-0.4, -0.2) is 16.9 Å². The van der Waals surface area contributed by atoms with E-state index in [1.807, 2.05) is 0 Å². The topological polar surface area (TPSA) is 59.5 Å². The Kier molecular flexibility index (Phi) is 6.16. The predicted octanol–water partition coefficient (Wildman–Crippen LogP) is 5.34. The summed E-state index contributed by atoms with van der Waals surface area (Å²) in [6, 6.07) is 9.91. The zero-order valence-corrected chi connectivity index (χ0v) is 16.3. The van der Waals surface area contributed by atoms with Crippen molar-refractivity contribution >= 4 is 34.0 Å². The number of para-hydroxylation sites is 1. The van der Waals surface area contributed by atoms with E-state index in [1.54, 1.807) is 6.07 Å². The van der Waals surface area contributed by atoms with Gasteiger partial charge in [0.05, 0.1) is 22.5 Å². The van der Waals surface area contributed by atoms with Crippen molar-refractivity contribution in [3.8, 4) is 0 Å². The average molecular weight is 438 g/mol. The first-order chi connectivity index (χ1) is 14.2. The van der Waals surface area contributed by atoms with Crippen LogP contribution in [0, 0.1) is 5.82 Å². The SMILES string of the molecule is CC(=O)N(c1nc(COC(=O)c2ccccc2C(F)(F)F)cs1)c1ccccc1F. The summed E-state index contributed by atoms with van der Waals surface area (Å²) >= 11 is 1.00. The van der Waals surface area contributed by atoms with Crippen LogP contribution in [0.4, 0.5) is 28.4 Å². The first kappa shape index (κ1) is 21.4. The molecular weight excluding hydrogens is 424 g/mol. The van der Waals surface area contributed by atoms with E-state index in [1.165, 1.54) is 42.6 Å². The summed E-state index contributed by atoms with van der Waals surface area (Å²) in [4.78, 5) is 29.4. The highest BCUT2D eigenvalue weighted by atomic mass is 32.1. The summed E-state index contributed by atoms with van der Waals surface area (Å²) in [5.74, 6) is -2.27. The molecule has 156 valence electrons. The van der Waals surface area contributed by atoms with Crippen LogP contribution in [0.1, 0.15) is 28.5 Å². The van der Waals surface area contributed by atoms with Crippen LogP contribution in [0.5, 0.6) is 0 Å². The number of halogens is 4. The molecule has 0 N–H and O–H groups in total. The fraction of sp³-hybridized carbons (Fsp3) is 0.150. The molecule has 0 fully saturated rings. The van der Waals surface area contributed by atoms with Gasteiger partial charge in [-0.15, -0.1) is 11.3 Å². The zero-order chi connectivity index (χ0) is 21.9. The molecule has 2 aromatic carbocycles. The molecule has 1 aromatic heterocycles. The number of thiazole rings is 1. The minimum atomic E-state index is -4.70. The van der Waals surface area contributed by atoms with Crippen molar-refractivity contribution in [1.29, 1.82) is 0 Å². The van der Waals surface area contributed by atoms with E-state index in [-0.39, 0.29) is 16.5 Å². The minimum absolute atomic E-state index is 0.00185. The second-order valence-corrected chi connectivity index (χ2v) is 6.88. The minimum Gasteiger partial charge on any atom is -0.456 e. The lowest BCUT2D eigenvalue weighted by Gasteiger charge is -2.18. The summed E-state index contributed by atoms with van der Waals surface area (Å²) in [5, 5.41) is 1.60. The quantitative estimate of drug-likeness (QED) is 0.398. The Morgan fingerprint density at radius 2 is 1.77 bits per heavy atom. The largest absolute Gasteiger partial charge is 0.456 e. The van der Waals surface area contributed by atoms with Crippen molar-refractivity contribution in [3.63, 3.8) is 0 Å². The number of benzene rings is 2. The van der Waals surface area contributed by atoms with E-state index < -0.39 is 41.6 Å². The van der Waals surface area contributed by atoms with Crippen molar-refractivity contribution in [2.75, 3.05) is 4.90 Å². The lowest BCUT2D eigenvalue weighted by molar-refractivity contribution is -0.138. The van der Waals surface area contributed by atoms with Crippen LogP contribution in [-0.2, 0) is 22.3 Å². The zero-order valence-electron chi connectivity index (χ0n) is 15.4. The summed E-state index contributed by atoms with van der Waals surface area (Å²) in [5.41, 5.74) is -1.51. The fourth-order valence-corrected chi connectivity index (χ4v) is 3.50. The van der Waals surface area contributed by atoms with E-state index in [0.29, 0.717) is 0 Å². The third-order valence-corrected chi connectivity index (χ3v) is 4.82. The number of ether oxygens (including phenoxy) is 1. The summed E-state index contributed by atoms with van der Waals surface area (Å²) in [7, 11) is 0. The Hall–Kier alpha value is -3.27. The Morgan fingerprint density at radius 1 is 1.10 bits per heavy atom. The number of nitrogens with zero attached hydrogens (tertiary/aromatic N) is 2. The Morgan fingerprint density at radius 3 is 2.43 bits per heavy atom. The molecule has 0 unspecified atom stereocenters. The molecule has 1 heterocycles. The van der Waals surface area contributed by atoms with Gasteiger partial charge in [-0.2, -0.15) is 13.2 Å². The summed E-state index contributed by atoms with van der Waals surface area (Å²) < 4.78 is 58.2. The van der Waals surface area contributed by atoms with E-state index >= 15 is 0 Å². The molecule has 1 amide bonds. The van der Waals surface area contributed by atoms with E-state index in [0.717, 1.165) is 28.4 Å². The van der Waals surface area contributed by atoms with Gasteiger partial charge in [-0.3, -0.25) is 9.69 Å². The van der Waals surface area contributed by atoms with E-state index in [2.05, 4.69) is 4.98 Å². The van der Waals surface area contributed by atoms with Gasteiger partial charge in [-0.05, 0) is 24.3 Å². The van der Waals surface area contributed by atoms with E-state index in [9.17, 15) is 27.2 Å². The highest BCUT2D eigenvalue weighted by molar-refractivity contribution is 7.14. The maximum Gasteiger partial charge on any atom is 0.417 e. The summed E-state index contributed by atoms with van der Waals surface area (Å²) in [6.07, 6.45) is -4.70. The van der Waals surface area contributed by atoms with E-state index in [4.69, 9.17) is 4.74 Å². The van der Waals surface area contributed by atoms with Crippen molar-refractivity contribution in [2.45, 2.75) is 19.7 Å². The number of aromatic nitrogens is 1. The average Bonchev–Trinajstić information content (AvgIpc) is 3.15. The first-order valence-corrected chi connectivity index (χ1v) is 9.39. The van der Waals surface area contributed by atoms with Crippen LogP contribution in [0.15, 0.2) is 53.9 Å². The van der Waals surface area contributed by atoms with Gasteiger partial charge < -0.3 is 4.74 Å². The molecule has 5 nitrogen and oxygen atoms in total. The number of carbonyl (C=O) groups excluding carboxylic acids is 2. The van der Waals surface area contributed by atoms with Gasteiger partial charge in [0.15, 0.2) is 5.13 Å². The lowest BCUT2D eigenvalue weighted by Crippen LogP contribution is -2.23. The number of hydrogen-bond acceptors (Lipinski definition) is 5. The molecule has 0 saturated heterocycles. The molecule has 0 radical (unpaired) electrons. The Labute approximate surface area is 172 Å². The van der Waals surface area contributed by atoms with Gasteiger partial charge in [0.2, 0.25) is 5.91 Å². The predicted molar refractivity (Wildman–Crippen MR) is 102 cm³/mol. The first-order valence-electron chi connectivity index (χ1n) is 8.51. The molecule has 0 aliphatic rings. The molecule has 3 aromatic rings. The van der Waals surface area contributed by atoms with Gasteiger partial charge in [-0.25, -0.2) is 14.2 Å². The van der Waals surface area contributed by atoms with Crippen LogP contribution < -0.4 is 4.90 Å². The maximum atomic E-state index is 14.1. The molecule has 0 aliphatic carbocycles. The molecule has 0 atom stereocenters. The molecule has 30 heavy (non-hydrogen) atoms. The molecular formula is C20H14F4N2O3S. The highest BCUT2D eigenvalue weighted by Crippen LogP contribution is 2.33. The van der Waals surface area contributed by atoms with Crippen LogP contribution in [0.3, 0.4) is 0 Å². The van der Waals surface area contributed by atoms with Crippen LogP contribution in [0.25, 0.3) is 0 Å². The van der Waals surface area contributed by atoms with Crippen molar-refractivity contribution in [3.05, 3.63) is 76.5 Å². The number of anilines is 2. The van der Waals surface area contributed by atoms with Crippen molar-refractivity contribution < 1.29 is 31.9 Å². The normalized spacial score (nSPS) is 11.2. The number of alkyl halides is 3. The fourth-order valence-electron chi connectivity index (χ4n) is 2.63. The Bertz CT molecular complexity index is 1080. The molecule has 0 aliphatic heterocycles. The molecule has 0 spiro atoms. The standard InChI is InChI=1S/C20H14F4N2O3S/c1-12(27)26(17-9-5-4-8-16(17)21)19-25-13(11-30-19)10-29-18(28)14-6-2-3-7-15(14)20(22,23)24/h2-9,11H,10H2,1H3. The number of hydrogen-bond donors (Lipinski definition) is 0. The molecule has 0 saturated carbocycles. The van der Waals surface area contributed by atoms with Gasteiger partial charge in [-0.1, -0.05) is 24.3 Å². The van der Waals surface area contributed by atoms with Gasteiger partial charge in [0.1, 0.15) is 12.4 Å². The highest BCUT2D eigenvalue weighted by Gasteiger charge is 2.35. The van der Waals surface area contributed by atoms with Crippen LogP contribution in [0.2, 0.25) is 0 Å². The van der Waals surface area contributed by atoms with Gasteiger partial charge >= 0.3 is 12.1 Å². The third-order valence-electron chi connectivity index (χ3n) is 3.94. The van der Waals surface area contributed by atoms with Gasteiger partial charge in [0, 0.05) is 12.3 Å². The maximum absolute atomic E-state index is 14.1. The smallest absolute Gasteiger partial charge is 0.417 e.